The molecule has 1 aliphatic rings. The lowest BCUT2D eigenvalue weighted by molar-refractivity contribution is -0.141. The Labute approximate surface area is 121 Å². The summed E-state index contributed by atoms with van der Waals surface area (Å²) in [5, 5.41) is 4.66. The molecule has 0 spiro atoms. The van der Waals surface area contributed by atoms with Gasteiger partial charge >= 0.3 is 0 Å². The minimum absolute atomic E-state index is 0.133. The van der Waals surface area contributed by atoms with Gasteiger partial charge in [-0.3, -0.25) is 14.4 Å². The van der Waals surface area contributed by atoms with E-state index in [2.05, 4.69) is 5.32 Å². The molecule has 0 aliphatic carbocycles. The van der Waals surface area contributed by atoms with Crippen LogP contribution in [0.15, 0.2) is 42.5 Å². The van der Waals surface area contributed by atoms with Crippen LogP contribution in [0.1, 0.15) is 0 Å². The van der Waals surface area contributed by atoms with Gasteiger partial charge < -0.3 is 10.2 Å². The Morgan fingerprint density at radius 2 is 1.86 bits per heavy atom. The van der Waals surface area contributed by atoms with E-state index >= 15 is 0 Å². The van der Waals surface area contributed by atoms with Crippen LogP contribution in [-0.2, 0) is 14.4 Å². The lowest BCUT2D eigenvalue weighted by Crippen LogP contribution is -2.29. The minimum Gasteiger partial charge on any atom is -0.338 e. The Morgan fingerprint density at radius 3 is 2.57 bits per heavy atom. The average molecular weight is 282 g/mol. The summed E-state index contributed by atoms with van der Waals surface area (Å²) in [7, 11) is 1.52. The third-order valence-corrected chi connectivity index (χ3v) is 3.69. The van der Waals surface area contributed by atoms with E-state index in [0.29, 0.717) is 5.69 Å². The first-order valence-electron chi connectivity index (χ1n) is 6.66. The van der Waals surface area contributed by atoms with E-state index in [0.717, 1.165) is 10.8 Å². The van der Waals surface area contributed by atoms with Crippen LogP contribution in [0, 0.1) is 5.92 Å². The maximum Gasteiger partial charge on any atom is 0.290 e. The molecular weight excluding hydrogens is 268 g/mol. The van der Waals surface area contributed by atoms with Crippen molar-refractivity contribution in [2.45, 2.75) is 0 Å². The van der Waals surface area contributed by atoms with Gasteiger partial charge in [-0.15, -0.1) is 0 Å². The van der Waals surface area contributed by atoms with Crippen LogP contribution < -0.4 is 5.32 Å². The Balaban J connectivity index is 1.88. The zero-order chi connectivity index (χ0) is 15.0. The first-order chi connectivity index (χ1) is 10.1. The number of nitrogens with one attached hydrogen (secondary N) is 1. The number of carbonyl (C=O) groups excluding carboxylic acids is 3. The number of likely N-dealkylation sites (N-methyl/N-ethyl adjacent to an activating group) is 1. The molecule has 0 radical (unpaired) electrons. The molecule has 2 aromatic rings. The molecule has 1 atom stereocenters. The number of hydrogen-bond donors (Lipinski definition) is 1. The molecule has 5 heteroatoms. The van der Waals surface area contributed by atoms with Gasteiger partial charge in [-0.05, 0) is 11.5 Å². The molecule has 2 amide bonds. The normalized spacial score (nSPS) is 18.3. The number of hydrogen-bond acceptors (Lipinski definition) is 3. The lowest BCUT2D eigenvalue weighted by atomic mass is 10.1. The van der Waals surface area contributed by atoms with Gasteiger partial charge in [0.05, 0.1) is 0 Å². The third kappa shape index (κ3) is 2.27. The fraction of sp³-hybridized carbons (Fsp3) is 0.188. The van der Waals surface area contributed by atoms with Crippen LogP contribution in [0.5, 0.6) is 0 Å². The van der Waals surface area contributed by atoms with Crippen molar-refractivity contribution < 1.29 is 14.4 Å². The smallest absolute Gasteiger partial charge is 0.290 e. The molecule has 0 aromatic heterocycles. The van der Waals surface area contributed by atoms with Crippen LogP contribution in [0.3, 0.4) is 0 Å². The summed E-state index contributed by atoms with van der Waals surface area (Å²) in [6.07, 6.45) is 0. The zero-order valence-electron chi connectivity index (χ0n) is 11.5. The third-order valence-electron chi connectivity index (χ3n) is 3.69. The summed E-state index contributed by atoms with van der Waals surface area (Å²) in [6, 6.07) is 13.2. The maximum absolute atomic E-state index is 12.2. The highest BCUT2D eigenvalue weighted by Gasteiger charge is 2.41. The zero-order valence-corrected chi connectivity index (χ0v) is 11.5. The van der Waals surface area contributed by atoms with Crippen molar-refractivity contribution in [3.8, 4) is 0 Å². The second kappa shape index (κ2) is 5.01. The fourth-order valence-corrected chi connectivity index (χ4v) is 2.53. The van der Waals surface area contributed by atoms with E-state index in [1.54, 1.807) is 6.07 Å². The Hall–Kier alpha value is -2.69. The van der Waals surface area contributed by atoms with E-state index in [1.807, 2.05) is 36.4 Å². The van der Waals surface area contributed by atoms with Crippen molar-refractivity contribution >= 4 is 34.1 Å². The van der Waals surface area contributed by atoms with E-state index < -0.39 is 23.5 Å². The molecule has 0 bridgehead atoms. The highest BCUT2D eigenvalue weighted by Crippen LogP contribution is 2.24. The molecule has 106 valence electrons. The molecule has 21 heavy (non-hydrogen) atoms. The first-order valence-corrected chi connectivity index (χ1v) is 6.66. The van der Waals surface area contributed by atoms with Crippen LogP contribution in [0.4, 0.5) is 5.69 Å². The van der Waals surface area contributed by atoms with Crippen LogP contribution in [0.2, 0.25) is 0 Å². The van der Waals surface area contributed by atoms with Crippen molar-refractivity contribution in [3.63, 3.8) is 0 Å². The number of ketones is 1. The first kappa shape index (κ1) is 13.3. The van der Waals surface area contributed by atoms with E-state index in [-0.39, 0.29) is 6.54 Å². The van der Waals surface area contributed by atoms with Crippen molar-refractivity contribution in [1.82, 2.24) is 4.90 Å². The average Bonchev–Trinajstić information content (AvgIpc) is 2.75. The number of carbonyl (C=O) groups is 3. The second-order valence-corrected chi connectivity index (χ2v) is 5.12. The largest absolute Gasteiger partial charge is 0.338 e. The Morgan fingerprint density at radius 1 is 1.14 bits per heavy atom. The number of benzene rings is 2. The molecule has 5 nitrogen and oxygen atoms in total. The number of anilines is 1. The molecule has 1 unspecified atom stereocenters. The summed E-state index contributed by atoms with van der Waals surface area (Å²) in [5.74, 6) is -2.61. The number of Topliss-reactive ketones (excluding diaryl/α,β-unsaturated/α-hetero) is 1. The highest BCUT2D eigenvalue weighted by molar-refractivity contribution is 6.43. The van der Waals surface area contributed by atoms with Gasteiger partial charge in [0.1, 0.15) is 5.92 Å². The summed E-state index contributed by atoms with van der Waals surface area (Å²) < 4.78 is 0. The van der Waals surface area contributed by atoms with E-state index in [9.17, 15) is 14.4 Å². The van der Waals surface area contributed by atoms with Gasteiger partial charge in [0.2, 0.25) is 11.7 Å². The van der Waals surface area contributed by atoms with Crippen molar-refractivity contribution in [1.29, 1.82) is 0 Å². The van der Waals surface area contributed by atoms with Gasteiger partial charge in [-0.1, -0.05) is 36.4 Å². The van der Waals surface area contributed by atoms with Gasteiger partial charge in [0.25, 0.3) is 5.91 Å². The highest BCUT2D eigenvalue weighted by atomic mass is 16.2. The molecule has 3 rings (SSSR count). The molecular formula is C16H14N2O3. The summed E-state index contributed by atoms with van der Waals surface area (Å²) in [6.45, 7) is 0.133. The Kier molecular flexibility index (Phi) is 3.17. The standard InChI is InChI=1S/C16H14N2O3/c1-18-9-12(14(19)16(18)21)15(20)17-13-8-4-6-10-5-2-3-7-11(10)13/h2-8,12H,9H2,1H3,(H,17,20). The molecule has 2 aromatic carbocycles. The van der Waals surface area contributed by atoms with Crippen LogP contribution in [-0.4, -0.2) is 36.1 Å². The van der Waals surface area contributed by atoms with Crippen LogP contribution in [0.25, 0.3) is 10.8 Å². The fourth-order valence-electron chi connectivity index (χ4n) is 2.53. The quantitative estimate of drug-likeness (QED) is 0.669. The predicted molar refractivity (Wildman–Crippen MR) is 78.7 cm³/mol. The maximum atomic E-state index is 12.2. The second-order valence-electron chi connectivity index (χ2n) is 5.12. The monoisotopic (exact) mass is 282 g/mol. The number of amides is 2. The Bertz CT molecular complexity index is 749. The lowest BCUT2D eigenvalue weighted by Gasteiger charge is -2.11. The number of likely N-dealkylation sites (tertiary alicyclic amines) is 1. The molecule has 1 N–H and O–H groups in total. The van der Waals surface area contributed by atoms with Crippen molar-refractivity contribution in [2.75, 3.05) is 18.9 Å². The van der Waals surface area contributed by atoms with Crippen molar-refractivity contribution in [3.05, 3.63) is 42.5 Å². The summed E-state index contributed by atoms with van der Waals surface area (Å²) >= 11 is 0. The van der Waals surface area contributed by atoms with Gasteiger partial charge in [0, 0.05) is 24.7 Å². The number of rotatable bonds is 2. The molecule has 1 heterocycles. The van der Waals surface area contributed by atoms with Gasteiger partial charge in [0.15, 0.2) is 0 Å². The molecule has 0 saturated carbocycles. The summed E-state index contributed by atoms with van der Waals surface area (Å²) in [4.78, 5) is 36.8. The molecule has 1 aliphatic heterocycles. The van der Waals surface area contributed by atoms with Crippen molar-refractivity contribution in [2.24, 2.45) is 5.92 Å². The molecule has 1 fully saturated rings. The number of nitrogens with zero attached hydrogens (tertiary/aromatic N) is 1. The number of fused-ring (bicyclic) bond motifs is 1. The molecule has 1 saturated heterocycles. The van der Waals surface area contributed by atoms with Crippen LogP contribution >= 0.6 is 0 Å². The van der Waals surface area contributed by atoms with E-state index in [1.165, 1.54) is 11.9 Å². The van der Waals surface area contributed by atoms with Gasteiger partial charge in [-0.2, -0.15) is 0 Å². The van der Waals surface area contributed by atoms with Gasteiger partial charge in [-0.25, -0.2) is 0 Å². The minimum atomic E-state index is -0.929. The SMILES string of the molecule is CN1CC(C(=O)Nc2cccc3ccccc23)C(=O)C1=O. The predicted octanol–water partition coefficient (Wildman–Crippen LogP) is 1.44. The van der Waals surface area contributed by atoms with E-state index in [4.69, 9.17) is 0 Å². The topological polar surface area (TPSA) is 66.5 Å². The summed E-state index contributed by atoms with van der Waals surface area (Å²) in [5.41, 5.74) is 0.646.